The molecular formula is C46H52N4OPt. The number of rotatable bonds is 10. The van der Waals surface area contributed by atoms with Gasteiger partial charge in [-0.05, 0) is 91.6 Å². The smallest absolute Gasteiger partial charge is 0.509 e. The molecule has 0 amide bonds. The molecule has 0 spiro atoms. The Morgan fingerprint density at radius 3 is 2.40 bits per heavy atom. The fraction of sp³-hybridized carbons (Fsp3) is 0.391. The number of para-hydroxylation sites is 1. The van der Waals surface area contributed by atoms with E-state index in [1.807, 2.05) is 18.3 Å². The summed E-state index contributed by atoms with van der Waals surface area (Å²) in [5.74, 6) is 4.32. The third-order valence-electron chi connectivity index (χ3n) is 10.7. The third-order valence-corrected chi connectivity index (χ3v) is 10.7. The predicted octanol–water partition coefficient (Wildman–Crippen LogP) is 12.4. The number of ether oxygens (including phenoxy) is 1. The Bertz CT molecular complexity index is 2240. The summed E-state index contributed by atoms with van der Waals surface area (Å²) in [6.07, 6.45) is 8.79. The van der Waals surface area contributed by atoms with Gasteiger partial charge in [0.1, 0.15) is 5.82 Å². The zero-order chi connectivity index (χ0) is 36.0. The maximum absolute atomic E-state index is 6.72. The zero-order valence-electron chi connectivity index (χ0n) is 32.2. The van der Waals surface area contributed by atoms with Gasteiger partial charge in [-0.1, -0.05) is 90.3 Å². The van der Waals surface area contributed by atoms with E-state index in [2.05, 4.69) is 138 Å². The molecule has 7 rings (SSSR count). The molecule has 6 aromatic rings. The van der Waals surface area contributed by atoms with Crippen LogP contribution in [0.25, 0.3) is 33.3 Å². The van der Waals surface area contributed by atoms with Crippen molar-refractivity contribution in [2.75, 3.05) is 0 Å². The predicted molar refractivity (Wildman–Crippen MR) is 211 cm³/mol. The molecule has 0 radical (unpaired) electrons. The minimum absolute atomic E-state index is 0. The van der Waals surface area contributed by atoms with E-state index in [4.69, 9.17) is 14.8 Å². The van der Waals surface area contributed by atoms with E-state index in [1.165, 1.54) is 34.5 Å². The van der Waals surface area contributed by atoms with Crippen LogP contribution in [0.3, 0.4) is 0 Å². The van der Waals surface area contributed by atoms with Gasteiger partial charge in [-0.2, -0.15) is 11.2 Å². The number of aromatic nitrogens is 4. The second-order valence-corrected chi connectivity index (χ2v) is 15.5. The van der Waals surface area contributed by atoms with Crippen LogP contribution < -0.4 is 4.74 Å². The molecule has 0 fully saturated rings. The largest absolute Gasteiger partial charge is 2.00 e. The Kier molecular flexibility index (Phi) is 11.3. The first-order valence-electron chi connectivity index (χ1n) is 19.0. The van der Waals surface area contributed by atoms with Crippen molar-refractivity contribution in [3.8, 4) is 23.0 Å². The van der Waals surface area contributed by atoms with Crippen molar-refractivity contribution < 1.29 is 25.8 Å². The molecule has 0 N–H and O–H groups in total. The average molecular weight is 872 g/mol. The summed E-state index contributed by atoms with van der Waals surface area (Å²) in [5, 5.41) is 7.72. The summed E-state index contributed by atoms with van der Waals surface area (Å²) in [6.45, 7) is 20.5. The Hall–Kier alpha value is -3.95. The third kappa shape index (κ3) is 7.18. The molecule has 3 aromatic heterocycles. The summed E-state index contributed by atoms with van der Waals surface area (Å²) < 4.78 is 11.1. The van der Waals surface area contributed by atoms with Gasteiger partial charge in [-0.3, -0.25) is 4.68 Å². The van der Waals surface area contributed by atoms with E-state index < -0.39 is 0 Å². The number of pyridine rings is 1. The van der Waals surface area contributed by atoms with Gasteiger partial charge in [0.25, 0.3) is 0 Å². The summed E-state index contributed by atoms with van der Waals surface area (Å²) in [5.41, 5.74) is 10.8. The summed E-state index contributed by atoms with van der Waals surface area (Å²) in [6, 6.07) is 28.5. The molecule has 1 unspecified atom stereocenters. The van der Waals surface area contributed by atoms with Crippen LogP contribution in [0, 0.1) is 30.9 Å². The molecule has 0 aliphatic heterocycles. The number of allylic oxidation sites excluding steroid dienone is 2. The van der Waals surface area contributed by atoms with Crippen LogP contribution in [0.1, 0.15) is 120 Å². The Labute approximate surface area is 324 Å². The maximum atomic E-state index is 6.72. The Morgan fingerprint density at radius 2 is 1.69 bits per heavy atom. The molecule has 6 heteroatoms. The Balaban J connectivity index is 0.00000464. The zero-order valence-corrected chi connectivity index (χ0v) is 34.4. The number of hydrogen-bond donors (Lipinski definition) is 0. The number of aryl methyl sites for hydroxylation is 1. The molecule has 3 atom stereocenters. The van der Waals surface area contributed by atoms with Crippen LogP contribution in [-0.4, -0.2) is 19.3 Å². The summed E-state index contributed by atoms with van der Waals surface area (Å²) in [7, 11) is 0. The van der Waals surface area contributed by atoms with E-state index >= 15 is 0 Å². The molecular weight excluding hydrogens is 820 g/mol. The summed E-state index contributed by atoms with van der Waals surface area (Å²) in [4.78, 5) is 4.75. The Morgan fingerprint density at radius 1 is 0.904 bits per heavy atom. The molecule has 52 heavy (non-hydrogen) atoms. The van der Waals surface area contributed by atoms with Crippen LogP contribution in [0.15, 0.2) is 78.5 Å². The minimum atomic E-state index is 0. The SMILES string of the molecule is CCCCc1c(C2C(C)=C[C@H](C)C[C@@H]2C)c(C(C)C)nn1-c1[c-]c(Oc2[c-]c3c(cc2)c2ccccc2n3-c2cc(C)ccn2)cc(C(C)C)c1.[Pt+2]. The van der Waals surface area contributed by atoms with Crippen molar-refractivity contribution in [2.45, 2.75) is 106 Å². The van der Waals surface area contributed by atoms with Gasteiger partial charge in [0, 0.05) is 40.4 Å². The molecule has 1 aliphatic rings. The van der Waals surface area contributed by atoms with Gasteiger partial charge in [-0.15, -0.1) is 41.3 Å². The van der Waals surface area contributed by atoms with Crippen LogP contribution in [0.4, 0.5) is 0 Å². The van der Waals surface area contributed by atoms with Crippen molar-refractivity contribution in [1.82, 2.24) is 19.3 Å². The van der Waals surface area contributed by atoms with Crippen LogP contribution in [-0.2, 0) is 27.5 Å². The topological polar surface area (TPSA) is 44.9 Å². The number of nitrogens with zero attached hydrogens (tertiary/aromatic N) is 4. The first kappa shape index (κ1) is 37.8. The second kappa shape index (κ2) is 15.6. The molecule has 272 valence electrons. The molecule has 0 bridgehead atoms. The molecule has 0 saturated carbocycles. The van der Waals surface area contributed by atoms with Gasteiger partial charge in [0.2, 0.25) is 0 Å². The standard InChI is InChI=1S/C46H52N4O.Pt/c1-10-11-15-41-45(44-32(8)21-31(7)22-33(44)9)46(29(4)5)48-50(41)35-24-34(28(2)3)25-37(26-35)51-36-17-18-39-38-14-12-13-16-40(38)49(42(39)27-36)43-23-30(6)19-20-47-43;/h12-14,16-21,23-25,28-29,31,33,44H,10-11,15,22H2,1-9H3;/q-2;+2/t31-,33-,44?;/m0./s1. The second-order valence-electron chi connectivity index (χ2n) is 15.5. The summed E-state index contributed by atoms with van der Waals surface area (Å²) >= 11 is 0. The molecule has 3 aromatic carbocycles. The van der Waals surface area contributed by atoms with Gasteiger partial charge in [-0.25, -0.2) is 4.98 Å². The number of hydrogen-bond acceptors (Lipinski definition) is 3. The van der Waals surface area contributed by atoms with Gasteiger partial charge in [0.15, 0.2) is 0 Å². The van der Waals surface area contributed by atoms with E-state index in [-0.39, 0.29) is 21.1 Å². The number of fused-ring (bicyclic) bond motifs is 3. The maximum Gasteiger partial charge on any atom is 2.00 e. The van der Waals surface area contributed by atoms with Crippen molar-refractivity contribution in [2.24, 2.45) is 11.8 Å². The average Bonchev–Trinajstić information content (AvgIpc) is 3.62. The first-order chi connectivity index (χ1) is 24.5. The van der Waals surface area contributed by atoms with Gasteiger partial charge < -0.3 is 9.30 Å². The fourth-order valence-corrected chi connectivity index (χ4v) is 8.32. The van der Waals surface area contributed by atoms with Crippen molar-refractivity contribution in [1.29, 1.82) is 0 Å². The number of benzene rings is 3. The molecule has 1 aliphatic carbocycles. The van der Waals surface area contributed by atoms with E-state index in [0.29, 0.717) is 41.1 Å². The van der Waals surface area contributed by atoms with Crippen LogP contribution in [0.2, 0.25) is 0 Å². The van der Waals surface area contributed by atoms with E-state index in [0.717, 1.165) is 58.1 Å². The van der Waals surface area contributed by atoms with Crippen molar-refractivity contribution in [3.05, 3.63) is 119 Å². The van der Waals surface area contributed by atoms with E-state index in [9.17, 15) is 0 Å². The van der Waals surface area contributed by atoms with Crippen molar-refractivity contribution >= 4 is 21.8 Å². The minimum Gasteiger partial charge on any atom is -0.509 e. The van der Waals surface area contributed by atoms with Crippen LogP contribution in [0.5, 0.6) is 11.5 Å². The quantitative estimate of drug-likeness (QED) is 0.102. The fourth-order valence-electron chi connectivity index (χ4n) is 8.32. The number of unbranched alkanes of at least 4 members (excludes halogenated alkanes) is 1. The van der Waals surface area contributed by atoms with Gasteiger partial charge in [0.05, 0.1) is 5.69 Å². The normalized spacial score (nSPS) is 17.6. The van der Waals surface area contributed by atoms with E-state index in [1.54, 1.807) is 0 Å². The molecule has 3 heterocycles. The van der Waals surface area contributed by atoms with Crippen LogP contribution >= 0.6 is 0 Å². The first-order valence-corrected chi connectivity index (χ1v) is 19.0. The monoisotopic (exact) mass is 871 g/mol. The molecule has 5 nitrogen and oxygen atoms in total. The molecule has 0 saturated heterocycles. The van der Waals surface area contributed by atoms with Crippen molar-refractivity contribution in [3.63, 3.8) is 0 Å². The van der Waals surface area contributed by atoms with Gasteiger partial charge >= 0.3 is 21.1 Å².